The zero-order chi connectivity index (χ0) is 19.7. The molecule has 1 aliphatic rings. The second-order valence-corrected chi connectivity index (χ2v) is 9.73. The van der Waals surface area contributed by atoms with Crippen molar-refractivity contribution in [3.05, 3.63) is 71.5 Å². The van der Waals surface area contributed by atoms with Crippen molar-refractivity contribution in [2.75, 3.05) is 11.5 Å². The van der Waals surface area contributed by atoms with Gasteiger partial charge in [-0.2, -0.15) is 0 Å². The van der Waals surface area contributed by atoms with Crippen molar-refractivity contribution in [2.45, 2.75) is 32.4 Å². The molecule has 0 saturated carbocycles. The van der Waals surface area contributed by atoms with Gasteiger partial charge < -0.3 is 9.32 Å². The number of nitrogens with zero attached hydrogens (tertiary/aromatic N) is 1. The fourth-order valence-electron chi connectivity index (χ4n) is 3.82. The number of amides is 1. The van der Waals surface area contributed by atoms with E-state index in [1.165, 1.54) is 0 Å². The first-order valence-electron chi connectivity index (χ1n) is 9.42. The van der Waals surface area contributed by atoms with Crippen molar-refractivity contribution in [2.24, 2.45) is 0 Å². The van der Waals surface area contributed by atoms with Crippen molar-refractivity contribution in [1.82, 2.24) is 4.90 Å². The van der Waals surface area contributed by atoms with E-state index in [0.717, 1.165) is 27.7 Å². The van der Waals surface area contributed by atoms with Gasteiger partial charge in [-0.15, -0.1) is 0 Å². The highest BCUT2D eigenvalue weighted by Gasteiger charge is 2.34. The number of sulfone groups is 1. The molecule has 6 heteroatoms. The predicted octanol–water partition coefficient (Wildman–Crippen LogP) is 3.50. The van der Waals surface area contributed by atoms with Gasteiger partial charge >= 0.3 is 0 Å². The van der Waals surface area contributed by atoms with Gasteiger partial charge in [0, 0.05) is 23.5 Å². The third-order valence-corrected chi connectivity index (χ3v) is 7.07. The summed E-state index contributed by atoms with van der Waals surface area (Å²) in [6.45, 7) is 2.41. The van der Waals surface area contributed by atoms with E-state index in [4.69, 9.17) is 4.42 Å². The number of hydrogen-bond acceptors (Lipinski definition) is 4. The second-order valence-electron chi connectivity index (χ2n) is 7.50. The molecule has 28 heavy (non-hydrogen) atoms. The number of carbonyl (C=O) groups excluding carboxylic acids is 1. The van der Waals surface area contributed by atoms with Crippen LogP contribution in [0.3, 0.4) is 0 Å². The van der Waals surface area contributed by atoms with Crippen LogP contribution in [-0.4, -0.2) is 36.8 Å². The summed E-state index contributed by atoms with van der Waals surface area (Å²) in [6.07, 6.45) is 2.32. The van der Waals surface area contributed by atoms with Crippen LogP contribution in [0.4, 0.5) is 0 Å². The quantitative estimate of drug-likeness (QED) is 0.661. The summed E-state index contributed by atoms with van der Waals surface area (Å²) >= 11 is 0. The molecule has 1 saturated heterocycles. The third kappa shape index (κ3) is 3.97. The number of furan rings is 1. The maximum Gasteiger partial charge on any atom is 0.227 e. The SMILES string of the molecule is Cc1ccc2occ(CC(=O)N(Cc3ccccc3)C3CCS(=O)(=O)C3)c2c1. The summed E-state index contributed by atoms with van der Waals surface area (Å²) < 4.78 is 29.6. The van der Waals surface area contributed by atoms with E-state index >= 15 is 0 Å². The van der Waals surface area contributed by atoms with Gasteiger partial charge in [-0.25, -0.2) is 8.42 Å². The molecule has 2 aromatic carbocycles. The van der Waals surface area contributed by atoms with Crippen LogP contribution < -0.4 is 0 Å². The Balaban J connectivity index is 1.61. The van der Waals surface area contributed by atoms with Crippen LogP contribution in [0.1, 0.15) is 23.1 Å². The zero-order valence-electron chi connectivity index (χ0n) is 15.8. The molecule has 3 aromatic rings. The van der Waals surface area contributed by atoms with Gasteiger partial charge in [0.1, 0.15) is 5.58 Å². The molecule has 1 fully saturated rings. The Morgan fingerprint density at radius 1 is 1.18 bits per heavy atom. The molecular formula is C22H23NO4S. The van der Waals surface area contributed by atoms with E-state index < -0.39 is 9.84 Å². The molecule has 0 spiro atoms. The highest BCUT2D eigenvalue weighted by molar-refractivity contribution is 7.91. The van der Waals surface area contributed by atoms with E-state index in [9.17, 15) is 13.2 Å². The smallest absolute Gasteiger partial charge is 0.227 e. The summed E-state index contributed by atoms with van der Waals surface area (Å²) in [5.74, 6) is 0.108. The topological polar surface area (TPSA) is 67.6 Å². The first kappa shape index (κ1) is 18.7. The molecule has 2 heterocycles. The Hall–Kier alpha value is -2.60. The molecule has 5 nitrogen and oxygen atoms in total. The average molecular weight is 397 g/mol. The molecule has 0 radical (unpaired) electrons. The van der Waals surface area contributed by atoms with Gasteiger partial charge in [0.05, 0.1) is 24.2 Å². The monoisotopic (exact) mass is 397 g/mol. The number of carbonyl (C=O) groups is 1. The number of fused-ring (bicyclic) bond motifs is 1. The van der Waals surface area contributed by atoms with E-state index in [1.54, 1.807) is 11.2 Å². The maximum absolute atomic E-state index is 13.2. The van der Waals surface area contributed by atoms with Crippen LogP contribution in [0.5, 0.6) is 0 Å². The van der Waals surface area contributed by atoms with Crippen LogP contribution in [0, 0.1) is 6.92 Å². The van der Waals surface area contributed by atoms with Crippen LogP contribution in [0.25, 0.3) is 11.0 Å². The van der Waals surface area contributed by atoms with Gasteiger partial charge in [-0.1, -0.05) is 42.0 Å². The van der Waals surface area contributed by atoms with Gasteiger partial charge in [0.15, 0.2) is 9.84 Å². The first-order valence-corrected chi connectivity index (χ1v) is 11.2. The highest BCUT2D eigenvalue weighted by Crippen LogP contribution is 2.25. The fraction of sp³-hybridized carbons (Fsp3) is 0.318. The van der Waals surface area contributed by atoms with Gasteiger partial charge in [-0.05, 0) is 31.0 Å². The fourth-order valence-corrected chi connectivity index (χ4v) is 5.55. The summed E-state index contributed by atoms with van der Waals surface area (Å²) in [4.78, 5) is 15.0. The normalized spacial score (nSPS) is 18.4. The molecule has 4 rings (SSSR count). The zero-order valence-corrected chi connectivity index (χ0v) is 16.6. The summed E-state index contributed by atoms with van der Waals surface area (Å²) in [5, 5.41) is 0.937. The van der Waals surface area contributed by atoms with Gasteiger partial charge in [-0.3, -0.25) is 4.79 Å². The Labute approximate surface area is 164 Å². The minimum absolute atomic E-state index is 0.0385. The second kappa shape index (κ2) is 7.43. The van der Waals surface area contributed by atoms with Crippen molar-refractivity contribution in [1.29, 1.82) is 0 Å². The molecular weight excluding hydrogens is 374 g/mol. The van der Waals surface area contributed by atoms with E-state index in [2.05, 4.69) is 0 Å². The lowest BCUT2D eigenvalue weighted by Gasteiger charge is -2.28. The number of hydrogen-bond donors (Lipinski definition) is 0. The lowest BCUT2D eigenvalue weighted by atomic mass is 10.1. The van der Waals surface area contributed by atoms with Crippen LogP contribution in [-0.2, 0) is 27.6 Å². The van der Waals surface area contributed by atoms with Gasteiger partial charge in [0.2, 0.25) is 5.91 Å². The Morgan fingerprint density at radius 3 is 2.68 bits per heavy atom. The Bertz CT molecular complexity index is 1100. The number of rotatable bonds is 5. The molecule has 146 valence electrons. The summed E-state index contributed by atoms with van der Waals surface area (Å²) in [7, 11) is -3.08. The van der Waals surface area contributed by atoms with Crippen LogP contribution in [0.15, 0.2) is 59.2 Å². The summed E-state index contributed by atoms with van der Waals surface area (Å²) in [5.41, 5.74) is 3.69. The number of aryl methyl sites for hydroxylation is 1. The van der Waals surface area contributed by atoms with Crippen LogP contribution in [0.2, 0.25) is 0 Å². The first-order chi connectivity index (χ1) is 13.4. The van der Waals surface area contributed by atoms with Crippen molar-refractivity contribution in [3.8, 4) is 0 Å². The average Bonchev–Trinajstić information content (AvgIpc) is 3.23. The van der Waals surface area contributed by atoms with E-state index in [1.807, 2.05) is 55.5 Å². The lowest BCUT2D eigenvalue weighted by Crippen LogP contribution is -2.41. The molecule has 0 N–H and O–H groups in total. The summed E-state index contributed by atoms with van der Waals surface area (Å²) in [6, 6.07) is 15.3. The van der Waals surface area contributed by atoms with Crippen molar-refractivity contribution < 1.29 is 17.6 Å². The van der Waals surface area contributed by atoms with Crippen molar-refractivity contribution in [3.63, 3.8) is 0 Å². The Kier molecular flexibility index (Phi) is 4.98. The number of benzene rings is 2. The molecule has 0 bridgehead atoms. The third-order valence-electron chi connectivity index (χ3n) is 5.32. The standard InChI is InChI=1S/C22H23NO4S/c1-16-7-8-21-20(11-16)18(14-27-21)12-22(24)23(13-17-5-3-2-4-6-17)19-9-10-28(25,26)15-19/h2-8,11,14,19H,9-10,12-13,15H2,1H3. The lowest BCUT2D eigenvalue weighted by molar-refractivity contribution is -0.133. The molecule has 1 unspecified atom stereocenters. The van der Waals surface area contributed by atoms with E-state index in [0.29, 0.717) is 13.0 Å². The molecule has 1 amide bonds. The molecule has 1 atom stereocenters. The largest absolute Gasteiger partial charge is 0.464 e. The van der Waals surface area contributed by atoms with Crippen molar-refractivity contribution >= 4 is 26.7 Å². The van der Waals surface area contributed by atoms with Crippen LogP contribution >= 0.6 is 0 Å². The maximum atomic E-state index is 13.2. The molecule has 1 aromatic heterocycles. The molecule has 0 aliphatic carbocycles. The minimum atomic E-state index is -3.08. The van der Waals surface area contributed by atoms with E-state index in [-0.39, 0.29) is 29.9 Å². The molecule has 1 aliphatic heterocycles. The highest BCUT2D eigenvalue weighted by atomic mass is 32.2. The minimum Gasteiger partial charge on any atom is -0.464 e. The van der Waals surface area contributed by atoms with Gasteiger partial charge in [0.25, 0.3) is 0 Å². The Morgan fingerprint density at radius 2 is 1.96 bits per heavy atom. The predicted molar refractivity (Wildman–Crippen MR) is 109 cm³/mol.